The summed E-state index contributed by atoms with van der Waals surface area (Å²) in [5.74, 6) is 0.843. The van der Waals surface area contributed by atoms with Crippen molar-refractivity contribution >= 4 is 28.2 Å². The van der Waals surface area contributed by atoms with Crippen molar-refractivity contribution in [2.24, 2.45) is 5.73 Å². The van der Waals surface area contributed by atoms with E-state index >= 15 is 0 Å². The van der Waals surface area contributed by atoms with Crippen LogP contribution in [0.1, 0.15) is 34.8 Å². The van der Waals surface area contributed by atoms with Gasteiger partial charge in [-0.3, -0.25) is 14.5 Å². The quantitative estimate of drug-likeness (QED) is 0.822. The summed E-state index contributed by atoms with van der Waals surface area (Å²) in [5.41, 5.74) is 6.81. The number of hydrogen-bond acceptors (Lipinski definition) is 6. The van der Waals surface area contributed by atoms with E-state index in [9.17, 15) is 9.59 Å². The molecule has 1 fully saturated rings. The van der Waals surface area contributed by atoms with Gasteiger partial charge in [-0.25, -0.2) is 0 Å². The topological polar surface area (TPSA) is 93.9 Å². The molecule has 27 heavy (non-hydrogen) atoms. The van der Waals surface area contributed by atoms with Crippen molar-refractivity contribution in [1.29, 1.82) is 0 Å². The maximum Gasteiger partial charge on any atom is 0.251 e. The van der Waals surface area contributed by atoms with Crippen molar-refractivity contribution in [2.45, 2.75) is 18.9 Å². The van der Waals surface area contributed by atoms with Gasteiger partial charge >= 0.3 is 0 Å². The summed E-state index contributed by atoms with van der Waals surface area (Å²) < 4.78 is 11.3. The fraction of sp³-hybridized carbons (Fsp3) is 0.368. The van der Waals surface area contributed by atoms with Gasteiger partial charge in [0.25, 0.3) is 5.91 Å². The van der Waals surface area contributed by atoms with Crippen LogP contribution in [0.5, 0.6) is 11.5 Å². The van der Waals surface area contributed by atoms with E-state index in [1.807, 2.05) is 18.2 Å². The zero-order valence-electron chi connectivity index (χ0n) is 14.8. The van der Waals surface area contributed by atoms with Gasteiger partial charge in [-0.2, -0.15) is 0 Å². The number of hydrogen-bond donors (Lipinski definition) is 2. The third-order valence-electron chi connectivity index (χ3n) is 4.84. The number of nitrogens with one attached hydrogen (secondary N) is 1. The molecule has 1 aromatic heterocycles. The van der Waals surface area contributed by atoms with Crippen molar-refractivity contribution in [2.75, 3.05) is 31.6 Å². The van der Waals surface area contributed by atoms with Crippen LogP contribution in [-0.4, -0.2) is 43.0 Å². The Bertz CT molecular complexity index is 866. The molecule has 3 heterocycles. The van der Waals surface area contributed by atoms with Crippen LogP contribution in [0.4, 0.5) is 5.00 Å². The van der Waals surface area contributed by atoms with Gasteiger partial charge in [0, 0.05) is 6.04 Å². The second-order valence-corrected chi connectivity index (χ2v) is 7.52. The Labute approximate surface area is 161 Å². The highest BCUT2D eigenvalue weighted by atomic mass is 32.1. The van der Waals surface area contributed by atoms with Crippen LogP contribution in [0.25, 0.3) is 0 Å². The summed E-state index contributed by atoms with van der Waals surface area (Å²) in [6, 6.07) is 7.77. The summed E-state index contributed by atoms with van der Waals surface area (Å²) in [6.07, 6.45) is 2.01. The SMILES string of the molecule is NC(=O)c1ccsc1NC(=O)CN1CCC[C@H]1c1ccc2c(c1)OCCO2. The number of carbonyl (C=O) groups excluding carboxylic acids is 2. The van der Waals surface area contributed by atoms with Crippen molar-refractivity contribution < 1.29 is 19.1 Å². The number of ether oxygens (including phenoxy) is 2. The van der Waals surface area contributed by atoms with Crippen LogP contribution in [0, 0.1) is 0 Å². The first-order valence-electron chi connectivity index (χ1n) is 8.92. The molecule has 1 saturated heterocycles. The third kappa shape index (κ3) is 3.77. The Hall–Kier alpha value is -2.58. The summed E-state index contributed by atoms with van der Waals surface area (Å²) >= 11 is 1.30. The molecule has 2 amide bonds. The number of thiophene rings is 1. The van der Waals surface area contributed by atoms with E-state index in [2.05, 4.69) is 10.2 Å². The number of likely N-dealkylation sites (tertiary alicyclic amines) is 1. The van der Waals surface area contributed by atoms with Crippen molar-refractivity contribution in [3.63, 3.8) is 0 Å². The van der Waals surface area contributed by atoms with Gasteiger partial charge in [-0.1, -0.05) is 6.07 Å². The van der Waals surface area contributed by atoms with Gasteiger partial charge in [-0.05, 0) is 48.5 Å². The molecule has 142 valence electrons. The second kappa shape index (κ2) is 7.58. The minimum Gasteiger partial charge on any atom is -0.486 e. The van der Waals surface area contributed by atoms with Crippen LogP contribution < -0.4 is 20.5 Å². The molecule has 0 saturated carbocycles. The van der Waals surface area contributed by atoms with E-state index < -0.39 is 5.91 Å². The minimum atomic E-state index is -0.540. The Morgan fingerprint density at radius 1 is 1.22 bits per heavy atom. The number of carbonyl (C=O) groups is 2. The average Bonchev–Trinajstić information content (AvgIpc) is 3.30. The van der Waals surface area contributed by atoms with Gasteiger partial charge in [0.2, 0.25) is 5.91 Å². The van der Waals surface area contributed by atoms with Gasteiger partial charge in [0.1, 0.15) is 18.2 Å². The molecule has 0 aliphatic carbocycles. The Balaban J connectivity index is 1.45. The molecule has 2 aliphatic rings. The van der Waals surface area contributed by atoms with Gasteiger partial charge in [0.15, 0.2) is 11.5 Å². The predicted octanol–water partition coefficient (Wildman–Crippen LogP) is 2.39. The van der Waals surface area contributed by atoms with Crippen LogP contribution in [0.15, 0.2) is 29.6 Å². The highest BCUT2D eigenvalue weighted by Gasteiger charge is 2.29. The Kier molecular flexibility index (Phi) is 5.00. The molecular formula is C19H21N3O4S. The van der Waals surface area contributed by atoms with Gasteiger partial charge < -0.3 is 20.5 Å². The number of primary amides is 1. The number of benzene rings is 1. The lowest BCUT2D eigenvalue weighted by Crippen LogP contribution is -2.33. The largest absolute Gasteiger partial charge is 0.486 e. The van der Waals surface area contributed by atoms with Crippen molar-refractivity contribution in [3.05, 3.63) is 40.8 Å². The van der Waals surface area contributed by atoms with E-state index in [-0.39, 0.29) is 18.5 Å². The molecular weight excluding hydrogens is 366 g/mol. The van der Waals surface area contributed by atoms with E-state index in [4.69, 9.17) is 15.2 Å². The predicted molar refractivity (Wildman–Crippen MR) is 102 cm³/mol. The van der Waals surface area contributed by atoms with Crippen molar-refractivity contribution in [3.8, 4) is 11.5 Å². The summed E-state index contributed by atoms with van der Waals surface area (Å²) in [6.45, 7) is 2.23. The minimum absolute atomic E-state index is 0.149. The molecule has 1 atom stereocenters. The molecule has 0 spiro atoms. The number of nitrogens with zero attached hydrogens (tertiary/aromatic N) is 1. The number of fused-ring (bicyclic) bond motifs is 1. The Morgan fingerprint density at radius 2 is 2.04 bits per heavy atom. The maximum absolute atomic E-state index is 12.5. The Morgan fingerprint density at radius 3 is 2.85 bits per heavy atom. The lowest BCUT2D eigenvalue weighted by atomic mass is 10.0. The molecule has 0 radical (unpaired) electrons. The number of nitrogens with two attached hydrogens (primary N) is 1. The molecule has 7 nitrogen and oxygen atoms in total. The van der Waals surface area contributed by atoms with Gasteiger partial charge in [-0.15, -0.1) is 11.3 Å². The zero-order valence-corrected chi connectivity index (χ0v) is 15.6. The number of rotatable bonds is 5. The molecule has 0 bridgehead atoms. The smallest absolute Gasteiger partial charge is 0.251 e. The molecule has 2 aromatic rings. The molecule has 4 rings (SSSR count). The fourth-order valence-electron chi connectivity index (χ4n) is 3.61. The maximum atomic E-state index is 12.5. The third-order valence-corrected chi connectivity index (χ3v) is 5.67. The average molecular weight is 387 g/mol. The summed E-state index contributed by atoms with van der Waals surface area (Å²) in [4.78, 5) is 26.1. The van der Waals surface area contributed by atoms with E-state index in [0.29, 0.717) is 23.8 Å². The molecule has 2 aliphatic heterocycles. The number of amides is 2. The molecule has 8 heteroatoms. The first-order chi connectivity index (χ1) is 13.1. The highest BCUT2D eigenvalue weighted by Crippen LogP contribution is 2.38. The first kappa shape index (κ1) is 17.8. The standard InChI is InChI=1S/C19H21N3O4S/c20-18(24)13-5-9-27-19(13)21-17(23)11-22-6-1-2-14(22)12-3-4-15-16(10-12)26-8-7-25-15/h3-5,9-10,14H,1-2,6-8,11H2,(H2,20,24)(H,21,23)/t14-/m0/s1. The van der Waals surface area contributed by atoms with E-state index in [0.717, 1.165) is 36.4 Å². The van der Waals surface area contributed by atoms with Crippen LogP contribution in [0.3, 0.4) is 0 Å². The van der Waals surface area contributed by atoms with Crippen LogP contribution >= 0.6 is 11.3 Å². The zero-order chi connectivity index (χ0) is 18.8. The molecule has 1 aromatic carbocycles. The lowest BCUT2D eigenvalue weighted by molar-refractivity contribution is -0.117. The van der Waals surface area contributed by atoms with Crippen LogP contribution in [-0.2, 0) is 4.79 Å². The molecule has 3 N–H and O–H groups in total. The van der Waals surface area contributed by atoms with E-state index in [1.54, 1.807) is 11.4 Å². The second-order valence-electron chi connectivity index (χ2n) is 6.61. The van der Waals surface area contributed by atoms with E-state index in [1.165, 1.54) is 11.3 Å². The van der Waals surface area contributed by atoms with Gasteiger partial charge in [0.05, 0.1) is 12.1 Å². The van der Waals surface area contributed by atoms with Crippen LogP contribution in [0.2, 0.25) is 0 Å². The normalized spacial score (nSPS) is 19.0. The first-order valence-corrected chi connectivity index (χ1v) is 9.80. The summed E-state index contributed by atoms with van der Waals surface area (Å²) in [5, 5.41) is 5.06. The number of anilines is 1. The molecule has 0 unspecified atom stereocenters. The fourth-order valence-corrected chi connectivity index (χ4v) is 4.42. The highest BCUT2D eigenvalue weighted by molar-refractivity contribution is 7.14. The monoisotopic (exact) mass is 387 g/mol. The van der Waals surface area contributed by atoms with Crippen molar-refractivity contribution in [1.82, 2.24) is 4.90 Å². The summed E-state index contributed by atoms with van der Waals surface area (Å²) in [7, 11) is 0. The lowest BCUT2D eigenvalue weighted by Gasteiger charge is -2.26.